The third kappa shape index (κ3) is 5.97. The van der Waals surface area contributed by atoms with Gasteiger partial charge in [0.2, 0.25) is 0 Å². The van der Waals surface area contributed by atoms with Gasteiger partial charge in [-0.15, -0.1) is 0 Å². The van der Waals surface area contributed by atoms with Gasteiger partial charge < -0.3 is 24.8 Å². The molecule has 4 rings (SSSR count). The molecule has 2 aliphatic rings. The molecule has 0 radical (unpaired) electrons. The number of halogens is 1. The number of anilines is 1. The molecule has 188 valence electrons. The summed E-state index contributed by atoms with van der Waals surface area (Å²) in [6.45, 7) is 3.48. The number of carbonyl (C=O) groups excluding carboxylic acids is 2. The second kappa shape index (κ2) is 11.4. The summed E-state index contributed by atoms with van der Waals surface area (Å²) < 4.78 is 11.5. The van der Waals surface area contributed by atoms with Crippen LogP contribution in [0.4, 0.5) is 10.5 Å². The highest BCUT2D eigenvalue weighted by atomic mass is 79.9. The van der Waals surface area contributed by atoms with E-state index in [0.29, 0.717) is 24.5 Å². The largest absolute Gasteiger partial charge is 0.497 e. The fraction of sp³-hybridized carbons (Fsp3) is 0.462. The minimum absolute atomic E-state index is 0.00698. The molecule has 1 unspecified atom stereocenters. The van der Waals surface area contributed by atoms with Crippen LogP contribution < -0.4 is 10.1 Å². The normalized spacial score (nSPS) is 24.4. The number of esters is 1. The molecule has 2 aromatic rings. The Labute approximate surface area is 214 Å². The highest BCUT2D eigenvalue weighted by Gasteiger charge is 2.50. The van der Waals surface area contributed by atoms with Crippen molar-refractivity contribution in [1.82, 2.24) is 9.80 Å². The first-order valence-corrected chi connectivity index (χ1v) is 12.6. The van der Waals surface area contributed by atoms with E-state index in [1.54, 1.807) is 31.4 Å². The third-order valence-corrected chi connectivity index (χ3v) is 7.48. The summed E-state index contributed by atoms with van der Waals surface area (Å²) in [6.07, 6.45) is 0.764. The fourth-order valence-electron chi connectivity index (χ4n) is 5.16. The van der Waals surface area contributed by atoms with Crippen molar-refractivity contribution in [1.29, 1.82) is 0 Å². The molecule has 2 heterocycles. The lowest BCUT2D eigenvalue weighted by molar-refractivity contribution is -0.143. The molecule has 2 aromatic carbocycles. The quantitative estimate of drug-likeness (QED) is 0.538. The van der Waals surface area contributed by atoms with Crippen LogP contribution >= 0.6 is 15.9 Å². The topological polar surface area (TPSA) is 91.3 Å². The van der Waals surface area contributed by atoms with E-state index in [-0.39, 0.29) is 49.1 Å². The first-order valence-electron chi connectivity index (χ1n) is 11.8. The van der Waals surface area contributed by atoms with Crippen LogP contribution in [-0.2, 0) is 9.53 Å². The lowest BCUT2D eigenvalue weighted by Crippen LogP contribution is -2.68. The number of amides is 2. The van der Waals surface area contributed by atoms with Gasteiger partial charge in [0, 0.05) is 54.1 Å². The molecule has 9 heteroatoms. The van der Waals surface area contributed by atoms with E-state index in [0.717, 1.165) is 23.0 Å². The molecule has 35 heavy (non-hydrogen) atoms. The highest BCUT2D eigenvalue weighted by molar-refractivity contribution is 9.10. The van der Waals surface area contributed by atoms with E-state index in [4.69, 9.17) is 9.47 Å². The van der Waals surface area contributed by atoms with E-state index < -0.39 is 0 Å². The molecule has 2 fully saturated rings. The van der Waals surface area contributed by atoms with Gasteiger partial charge in [0.15, 0.2) is 0 Å². The molecule has 0 saturated carbocycles. The number of ether oxygens (including phenoxy) is 2. The lowest BCUT2D eigenvalue weighted by atomic mass is 9.74. The minimum Gasteiger partial charge on any atom is -0.497 e. The molecular formula is C26H32BrN3O5. The van der Waals surface area contributed by atoms with Crippen LogP contribution in [-0.4, -0.2) is 78.9 Å². The lowest BCUT2D eigenvalue weighted by Gasteiger charge is -2.57. The Balaban J connectivity index is 1.55. The van der Waals surface area contributed by atoms with E-state index in [9.17, 15) is 14.7 Å². The summed E-state index contributed by atoms with van der Waals surface area (Å²) in [6, 6.07) is 15.3. The number of nitrogens with zero attached hydrogens (tertiary/aromatic N) is 2. The first-order chi connectivity index (χ1) is 16.9. The maximum Gasteiger partial charge on any atom is 0.321 e. The average molecular weight is 546 g/mol. The van der Waals surface area contributed by atoms with Gasteiger partial charge in [-0.25, -0.2) is 4.79 Å². The molecule has 0 aliphatic carbocycles. The first kappa shape index (κ1) is 25.5. The van der Waals surface area contributed by atoms with Gasteiger partial charge in [-0.1, -0.05) is 28.1 Å². The van der Waals surface area contributed by atoms with Crippen molar-refractivity contribution in [3.8, 4) is 5.75 Å². The third-order valence-electron chi connectivity index (χ3n) is 6.96. The van der Waals surface area contributed by atoms with Crippen molar-refractivity contribution < 1.29 is 24.2 Å². The average Bonchev–Trinajstić information content (AvgIpc) is 2.83. The molecule has 2 saturated heterocycles. The summed E-state index contributed by atoms with van der Waals surface area (Å²) in [5, 5.41) is 13.2. The molecule has 2 amide bonds. The van der Waals surface area contributed by atoms with Crippen LogP contribution in [0.2, 0.25) is 0 Å². The van der Waals surface area contributed by atoms with Gasteiger partial charge in [0.05, 0.1) is 20.3 Å². The summed E-state index contributed by atoms with van der Waals surface area (Å²) in [7, 11) is 1.60. The number of methoxy groups -OCH3 is 1. The number of nitrogens with one attached hydrogen (secondary N) is 1. The van der Waals surface area contributed by atoms with Crippen LogP contribution in [0.25, 0.3) is 0 Å². The Hall–Kier alpha value is -2.62. The van der Waals surface area contributed by atoms with Crippen LogP contribution in [0.15, 0.2) is 53.0 Å². The highest BCUT2D eigenvalue weighted by Crippen LogP contribution is 2.42. The molecule has 0 spiro atoms. The SMILES string of the molecule is COc1ccc(NC(=O)N2CC(COC(C)=O)CCN3[C@H](CO)[C@H](c4ccc(Br)cc4)[C@@H]3C2)cc1. The predicted octanol–water partition coefficient (Wildman–Crippen LogP) is 3.70. The number of carbonyl (C=O) groups is 2. The zero-order valence-corrected chi connectivity index (χ0v) is 21.6. The van der Waals surface area contributed by atoms with Crippen LogP contribution in [0, 0.1) is 5.92 Å². The zero-order valence-electron chi connectivity index (χ0n) is 20.0. The van der Waals surface area contributed by atoms with E-state index in [1.165, 1.54) is 6.92 Å². The van der Waals surface area contributed by atoms with Gasteiger partial charge in [0.25, 0.3) is 0 Å². The van der Waals surface area contributed by atoms with Crippen molar-refractivity contribution in [3.63, 3.8) is 0 Å². The Morgan fingerprint density at radius 1 is 1.11 bits per heavy atom. The molecule has 8 nitrogen and oxygen atoms in total. The van der Waals surface area contributed by atoms with Crippen molar-refractivity contribution in [2.75, 3.05) is 45.3 Å². The Bertz CT molecular complexity index is 1020. The number of aliphatic hydroxyl groups is 1. The number of aliphatic hydroxyl groups excluding tert-OH is 1. The minimum atomic E-state index is -0.327. The van der Waals surface area contributed by atoms with Crippen LogP contribution in [0.1, 0.15) is 24.8 Å². The number of hydrogen-bond acceptors (Lipinski definition) is 6. The van der Waals surface area contributed by atoms with Crippen LogP contribution in [0.3, 0.4) is 0 Å². The monoisotopic (exact) mass is 545 g/mol. The zero-order chi connectivity index (χ0) is 24.9. The number of rotatable bonds is 6. The maximum atomic E-state index is 13.4. The van der Waals surface area contributed by atoms with Crippen LogP contribution in [0.5, 0.6) is 5.75 Å². The Morgan fingerprint density at radius 2 is 1.83 bits per heavy atom. The summed E-state index contributed by atoms with van der Waals surface area (Å²) >= 11 is 3.49. The maximum absolute atomic E-state index is 13.4. The van der Waals surface area contributed by atoms with Crippen molar-refractivity contribution in [2.24, 2.45) is 5.92 Å². The summed E-state index contributed by atoms with van der Waals surface area (Å²) in [5.74, 6) is 0.516. The molecule has 4 atom stereocenters. The molecular weight excluding hydrogens is 514 g/mol. The van der Waals surface area contributed by atoms with E-state index in [2.05, 4.69) is 38.3 Å². The number of fused-ring (bicyclic) bond motifs is 1. The van der Waals surface area contributed by atoms with Gasteiger partial charge in [0.1, 0.15) is 5.75 Å². The number of urea groups is 1. The molecule has 0 bridgehead atoms. The second-order valence-corrected chi connectivity index (χ2v) is 10.1. The van der Waals surface area contributed by atoms with Gasteiger partial charge >= 0.3 is 12.0 Å². The molecule has 0 aromatic heterocycles. The van der Waals surface area contributed by atoms with Gasteiger partial charge in [-0.3, -0.25) is 9.69 Å². The molecule has 2 aliphatic heterocycles. The second-order valence-electron chi connectivity index (χ2n) is 9.15. The summed E-state index contributed by atoms with van der Waals surface area (Å²) in [5.41, 5.74) is 1.83. The standard InChI is InChI=1S/C26H32BrN3O5/c1-17(32)35-16-18-11-12-30-23(25(24(30)15-31)19-3-5-20(27)6-4-19)14-29(13-18)26(33)28-21-7-9-22(34-2)10-8-21/h3-10,18,23-25,31H,11-16H2,1-2H3,(H,28,33)/t18?,23-,24+,25+/m0/s1. The van der Waals surface area contributed by atoms with Crippen molar-refractivity contribution in [3.05, 3.63) is 58.6 Å². The summed E-state index contributed by atoms with van der Waals surface area (Å²) in [4.78, 5) is 28.9. The Kier molecular flexibility index (Phi) is 8.30. The molecule has 2 N–H and O–H groups in total. The van der Waals surface area contributed by atoms with Crippen molar-refractivity contribution in [2.45, 2.75) is 31.3 Å². The fourth-order valence-corrected chi connectivity index (χ4v) is 5.42. The van der Waals surface area contributed by atoms with E-state index >= 15 is 0 Å². The van der Waals surface area contributed by atoms with E-state index in [1.807, 2.05) is 17.0 Å². The van der Waals surface area contributed by atoms with Gasteiger partial charge in [-0.2, -0.15) is 0 Å². The number of hydrogen-bond donors (Lipinski definition) is 2. The van der Waals surface area contributed by atoms with Crippen molar-refractivity contribution >= 4 is 33.6 Å². The Morgan fingerprint density at radius 3 is 2.46 bits per heavy atom. The van der Waals surface area contributed by atoms with Gasteiger partial charge in [-0.05, 0) is 54.9 Å². The number of benzene rings is 2. The smallest absolute Gasteiger partial charge is 0.321 e. The predicted molar refractivity (Wildman–Crippen MR) is 137 cm³/mol.